The summed E-state index contributed by atoms with van der Waals surface area (Å²) in [5.41, 5.74) is 8.19. The predicted octanol–water partition coefficient (Wildman–Crippen LogP) is 2.97. The van der Waals surface area contributed by atoms with Crippen molar-refractivity contribution in [1.29, 1.82) is 0 Å². The van der Waals surface area contributed by atoms with Gasteiger partial charge in [-0.05, 0) is 49.8 Å². The third-order valence-electron chi connectivity index (χ3n) is 4.22. The molecule has 1 fully saturated rings. The van der Waals surface area contributed by atoms with Crippen molar-refractivity contribution >= 4 is 0 Å². The second kappa shape index (κ2) is 13.4. The Morgan fingerprint density at radius 3 is 2.71 bits per heavy atom. The van der Waals surface area contributed by atoms with Gasteiger partial charge in [-0.15, -0.1) is 0 Å². The van der Waals surface area contributed by atoms with Gasteiger partial charge in [-0.1, -0.05) is 38.1 Å². The van der Waals surface area contributed by atoms with E-state index in [1.54, 1.807) is 0 Å². The number of aliphatic hydroxyl groups excluding tert-OH is 1. The molecule has 24 heavy (non-hydrogen) atoms. The van der Waals surface area contributed by atoms with Crippen LogP contribution in [0.15, 0.2) is 24.3 Å². The molecule has 1 aliphatic heterocycles. The SMILES string of the molecule is CC.NCc1cccc(CCCOCCCN2CCCC(O)C2)c1. The molecule has 4 nitrogen and oxygen atoms in total. The maximum atomic E-state index is 9.62. The van der Waals surface area contributed by atoms with Crippen molar-refractivity contribution in [1.82, 2.24) is 4.90 Å². The first-order valence-electron chi connectivity index (χ1n) is 9.54. The Morgan fingerprint density at radius 2 is 1.96 bits per heavy atom. The van der Waals surface area contributed by atoms with E-state index < -0.39 is 0 Å². The highest BCUT2D eigenvalue weighted by atomic mass is 16.5. The first-order valence-corrected chi connectivity index (χ1v) is 9.54. The van der Waals surface area contributed by atoms with Gasteiger partial charge in [0.25, 0.3) is 0 Å². The molecule has 0 aliphatic carbocycles. The maximum Gasteiger partial charge on any atom is 0.0667 e. The molecule has 1 aromatic rings. The lowest BCUT2D eigenvalue weighted by Gasteiger charge is -2.29. The van der Waals surface area contributed by atoms with Crippen LogP contribution in [0.1, 0.15) is 50.7 Å². The summed E-state index contributed by atoms with van der Waals surface area (Å²) in [7, 11) is 0. The average molecular weight is 337 g/mol. The molecule has 0 saturated carbocycles. The van der Waals surface area contributed by atoms with Gasteiger partial charge in [-0.3, -0.25) is 0 Å². The van der Waals surface area contributed by atoms with Gasteiger partial charge >= 0.3 is 0 Å². The molecule has 1 aromatic carbocycles. The molecule has 0 bridgehead atoms. The molecule has 138 valence electrons. The summed E-state index contributed by atoms with van der Waals surface area (Å²) in [5, 5.41) is 9.62. The third kappa shape index (κ3) is 8.78. The van der Waals surface area contributed by atoms with Gasteiger partial charge in [0, 0.05) is 32.8 Å². The van der Waals surface area contributed by atoms with Crippen molar-refractivity contribution in [2.75, 3.05) is 32.8 Å². The number of β-amino-alcohol motifs (C(OH)–C–C–N with tert-alkyl or cyclic N) is 1. The van der Waals surface area contributed by atoms with Gasteiger partial charge < -0.3 is 20.5 Å². The summed E-state index contributed by atoms with van der Waals surface area (Å²) in [6.45, 7) is 9.22. The highest BCUT2D eigenvalue weighted by Gasteiger charge is 2.16. The van der Waals surface area contributed by atoms with Gasteiger partial charge in [-0.25, -0.2) is 0 Å². The molecular weight excluding hydrogens is 300 g/mol. The first kappa shape index (κ1) is 21.1. The Balaban J connectivity index is 0.00000139. The zero-order chi connectivity index (χ0) is 17.6. The molecule has 1 aliphatic rings. The van der Waals surface area contributed by atoms with Crippen LogP contribution < -0.4 is 5.73 Å². The first-order chi connectivity index (χ1) is 11.8. The zero-order valence-corrected chi connectivity index (χ0v) is 15.5. The van der Waals surface area contributed by atoms with Gasteiger partial charge in [0.05, 0.1) is 6.10 Å². The number of ether oxygens (including phenoxy) is 1. The molecule has 4 heteroatoms. The fraction of sp³-hybridized carbons (Fsp3) is 0.700. The van der Waals surface area contributed by atoms with Crippen molar-refractivity contribution in [2.45, 2.75) is 58.6 Å². The number of aryl methyl sites for hydroxylation is 1. The second-order valence-corrected chi connectivity index (χ2v) is 6.19. The third-order valence-corrected chi connectivity index (χ3v) is 4.22. The minimum atomic E-state index is -0.126. The number of piperidine rings is 1. The van der Waals surface area contributed by atoms with Crippen LogP contribution in [0.3, 0.4) is 0 Å². The number of likely N-dealkylation sites (tertiary alicyclic amines) is 1. The Labute approximate surface area is 148 Å². The Bertz CT molecular complexity index is 426. The number of aliphatic hydroxyl groups is 1. The molecular formula is C20H36N2O2. The Hall–Kier alpha value is -0.940. The van der Waals surface area contributed by atoms with E-state index in [0.717, 1.165) is 65.0 Å². The van der Waals surface area contributed by atoms with Gasteiger partial charge in [0.1, 0.15) is 0 Å². The average Bonchev–Trinajstić information content (AvgIpc) is 2.63. The van der Waals surface area contributed by atoms with Crippen LogP contribution in [-0.2, 0) is 17.7 Å². The molecule has 0 aromatic heterocycles. The largest absolute Gasteiger partial charge is 0.392 e. The number of nitrogens with zero attached hydrogens (tertiary/aromatic N) is 1. The number of hydrogen-bond donors (Lipinski definition) is 2. The topological polar surface area (TPSA) is 58.7 Å². The van der Waals surface area contributed by atoms with Gasteiger partial charge in [-0.2, -0.15) is 0 Å². The summed E-state index contributed by atoms with van der Waals surface area (Å²) in [5.74, 6) is 0. The lowest BCUT2D eigenvalue weighted by Crippen LogP contribution is -2.38. The van der Waals surface area contributed by atoms with Gasteiger partial charge in [0.15, 0.2) is 0 Å². The Morgan fingerprint density at radius 1 is 1.21 bits per heavy atom. The molecule has 0 spiro atoms. The normalized spacial score (nSPS) is 18.1. The van der Waals surface area contributed by atoms with E-state index >= 15 is 0 Å². The van der Waals surface area contributed by atoms with E-state index in [-0.39, 0.29) is 6.10 Å². The Kier molecular flexibility index (Phi) is 11.7. The molecule has 0 amide bonds. The minimum absolute atomic E-state index is 0.126. The fourth-order valence-corrected chi connectivity index (χ4v) is 3.02. The van der Waals surface area contributed by atoms with E-state index in [2.05, 4.69) is 29.2 Å². The molecule has 1 atom stereocenters. The highest BCUT2D eigenvalue weighted by Crippen LogP contribution is 2.10. The molecule has 1 unspecified atom stereocenters. The lowest BCUT2D eigenvalue weighted by molar-refractivity contribution is 0.0606. The van der Waals surface area contributed by atoms with Crippen LogP contribution in [0.25, 0.3) is 0 Å². The number of benzene rings is 1. The van der Waals surface area contributed by atoms with E-state index in [0.29, 0.717) is 6.54 Å². The molecule has 0 radical (unpaired) electrons. The fourth-order valence-electron chi connectivity index (χ4n) is 3.02. The van der Waals surface area contributed by atoms with Gasteiger partial charge in [0.2, 0.25) is 0 Å². The van der Waals surface area contributed by atoms with Crippen molar-refractivity contribution in [3.05, 3.63) is 35.4 Å². The van der Waals surface area contributed by atoms with Crippen LogP contribution in [0.4, 0.5) is 0 Å². The zero-order valence-electron chi connectivity index (χ0n) is 15.5. The minimum Gasteiger partial charge on any atom is -0.392 e. The quantitative estimate of drug-likeness (QED) is 0.681. The number of nitrogens with two attached hydrogens (primary N) is 1. The molecule has 2 rings (SSSR count). The van der Waals surface area contributed by atoms with Crippen LogP contribution in [-0.4, -0.2) is 49.0 Å². The van der Waals surface area contributed by atoms with Crippen LogP contribution >= 0.6 is 0 Å². The summed E-state index contributed by atoms with van der Waals surface area (Å²) in [6.07, 6.45) is 5.10. The van der Waals surface area contributed by atoms with E-state index in [1.807, 2.05) is 13.8 Å². The smallest absolute Gasteiger partial charge is 0.0667 e. The van der Waals surface area contributed by atoms with Crippen molar-refractivity contribution < 1.29 is 9.84 Å². The maximum absolute atomic E-state index is 9.62. The monoisotopic (exact) mass is 336 g/mol. The summed E-state index contributed by atoms with van der Waals surface area (Å²) in [4.78, 5) is 2.34. The standard InChI is InChI=1S/C18H30N2O2.C2H6/c19-14-17-6-1-5-16(13-17)7-3-11-22-12-4-10-20-9-2-8-18(21)15-20;1-2/h1,5-6,13,18,21H,2-4,7-12,14-15,19H2;1-2H3. The van der Waals surface area contributed by atoms with Crippen molar-refractivity contribution in [3.63, 3.8) is 0 Å². The van der Waals surface area contributed by atoms with Crippen LogP contribution in [0.5, 0.6) is 0 Å². The van der Waals surface area contributed by atoms with Crippen LogP contribution in [0, 0.1) is 0 Å². The molecule has 3 N–H and O–H groups in total. The lowest BCUT2D eigenvalue weighted by atomic mass is 10.1. The van der Waals surface area contributed by atoms with Crippen molar-refractivity contribution in [3.8, 4) is 0 Å². The van der Waals surface area contributed by atoms with E-state index in [4.69, 9.17) is 10.5 Å². The van der Waals surface area contributed by atoms with E-state index in [1.165, 1.54) is 11.1 Å². The highest BCUT2D eigenvalue weighted by molar-refractivity contribution is 5.23. The predicted molar refractivity (Wildman–Crippen MR) is 101 cm³/mol. The summed E-state index contributed by atoms with van der Waals surface area (Å²) < 4.78 is 5.72. The number of hydrogen-bond acceptors (Lipinski definition) is 4. The number of rotatable bonds is 9. The molecule has 1 saturated heterocycles. The van der Waals surface area contributed by atoms with Crippen molar-refractivity contribution in [2.24, 2.45) is 5.73 Å². The summed E-state index contributed by atoms with van der Waals surface area (Å²) >= 11 is 0. The summed E-state index contributed by atoms with van der Waals surface area (Å²) in [6, 6.07) is 8.48. The molecule has 1 heterocycles. The van der Waals surface area contributed by atoms with Crippen LogP contribution in [0.2, 0.25) is 0 Å². The van der Waals surface area contributed by atoms with E-state index in [9.17, 15) is 5.11 Å². The second-order valence-electron chi connectivity index (χ2n) is 6.19.